The second-order valence-corrected chi connectivity index (χ2v) is 3.50. The normalized spacial score (nSPS) is 24.1. The maximum atomic E-state index is 9.59. The molecule has 2 rings (SSSR count). The second kappa shape index (κ2) is 3.08. The Balaban J connectivity index is 2.36. The molecule has 1 aliphatic heterocycles. The predicted molar refractivity (Wildman–Crippen MR) is 46.8 cm³/mol. The summed E-state index contributed by atoms with van der Waals surface area (Å²) in [4.78, 5) is 4.21. The minimum atomic E-state index is -0.464. The molecule has 2 atom stereocenters. The zero-order valence-corrected chi connectivity index (χ0v) is 7.64. The number of aliphatic hydroxyl groups excluding tert-OH is 1. The van der Waals surface area contributed by atoms with Crippen molar-refractivity contribution in [2.45, 2.75) is 38.5 Å². The monoisotopic (exact) mass is 182 g/mol. The molecule has 0 bridgehead atoms. The van der Waals surface area contributed by atoms with Crippen LogP contribution in [0.15, 0.2) is 0 Å². The molecule has 72 valence electrons. The molecule has 0 spiro atoms. The van der Waals surface area contributed by atoms with Crippen LogP contribution in [-0.2, 0) is 6.54 Å². The lowest BCUT2D eigenvalue weighted by molar-refractivity contribution is 0.130. The van der Waals surface area contributed by atoms with Gasteiger partial charge in [-0.05, 0) is 19.8 Å². The van der Waals surface area contributed by atoms with Gasteiger partial charge in [-0.1, -0.05) is 0 Å². The first-order chi connectivity index (χ1) is 6.18. The molecule has 0 aliphatic carbocycles. The van der Waals surface area contributed by atoms with Gasteiger partial charge < -0.3 is 10.8 Å². The Hall–Kier alpha value is -0.940. The van der Waals surface area contributed by atoms with E-state index in [0.717, 1.165) is 19.4 Å². The van der Waals surface area contributed by atoms with Crippen molar-refractivity contribution in [2.24, 2.45) is 5.73 Å². The van der Waals surface area contributed by atoms with Gasteiger partial charge in [0, 0.05) is 6.54 Å². The molecule has 0 fully saturated rings. The summed E-state index contributed by atoms with van der Waals surface area (Å²) in [6.45, 7) is 2.68. The summed E-state index contributed by atoms with van der Waals surface area (Å²) in [5.41, 5.74) is 5.65. The third kappa shape index (κ3) is 1.45. The van der Waals surface area contributed by atoms with Crippen molar-refractivity contribution >= 4 is 0 Å². The topological polar surface area (TPSA) is 77.0 Å². The summed E-state index contributed by atoms with van der Waals surface area (Å²) in [7, 11) is 0. The van der Waals surface area contributed by atoms with E-state index in [1.165, 1.54) is 0 Å². The summed E-state index contributed by atoms with van der Waals surface area (Å²) >= 11 is 0. The smallest absolute Gasteiger partial charge is 0.167 e. The Morgan fingerprint density at radius 1 is 1.69 bits per heavy atom. The number of hydrogen-bond donors (Lipinski definition) is 2. The van der Waals surface area contributed by atoms with Crippen molar-refractivity contribution in [3.8, 4) is 0 Å². The van der Waals surface area contributed by atoms with Crippen molar-refractivity contribution in [3.05, 3.63) is 11.6 Å². The van der Waals surface area contributed by atoms with Crippen LogP contribution in [-0.4, -0.2) is 19.9 Å². The van der Waals surface area contributed by atoms with E-state index in [2.05, 4.69) is 10.1 Å². The molecule has 2 unspecified atom stereocenters. The van der Waals surface area contributed by atoms with Crippen LogP contribution in [0.2, 0.25) is 0 Å². The molecule has 1 aliphatic rings. The number of aryl methyl sites for hydroxylation is 1. The van der Waals surface area contributed by atoms with Gasteiger partial charge in [-0.25, -0.2) is 9.67 Å². The quantitative estimate of drug-likeness (QED) is 0.647. The van der Waals surface area contributed by atoms with E-state index < -0.39 is 6.10 Å². The fourth-order valence-corrected chi connectivity index (χ4v) is 1.54. The Morgan fingerprint density at radius 2 is 2.46 bits per heavy atom. The highest BCUT2D eigenvalue weighted by atomic mass is 16.3. The van der Waals surface area contributed by atoms with Gasteiger partial charge >= 0.3 is 0 Å². The van der Waals surface area contributed by atoms with Gasteiger partial charge in [0.05, 0.1) is 6.04 Å². The van der Waals surface area contributed by atoms with Gasteiger partial charge in [-0.15, -0.1) is 0 Å². The molecule has 13 heavy (non-hydrogen) atoms. The third-order valence-electron chi connectivity index (χ3n) is 2.27. The zero-order chi connectivity index (χ0) is 9.42. The minimum Gasteiger partial charge on any atom is -0.385 e. The van der Waals surface area contributed by atoms with Crippen LogP contribution < -0.4 is 5.73 Å². The largest absolute Gasteiger partial charge is 0.385 e. The van der Waals surface area contributed by atoms with E-state index in [1.807, 2.05) is 6.92 Å². The average Bonchev–Trinajstić information content (AvgIpc) is 2.49. The highest BCUT2D eigenvalue weighted by Crippen LogP contribution is 2.23. The molecule has 0 radical (unpaired) electrons. The second-order valence-electron chi connectivity index (χ2n) is 3.50. The first kappa shape index (κ1) is 8.65. The van der Waals surface area contributed by atoms with Crippen LogP contribution in [0.4, 0.5) is 0 Å². The summed E-state index contributed by atoms with van der Waals surface area (Å²) < 4.78 is 1.76. The molecule has 5 heteroatoms. The van der Waals surface area contributed by atoms with Crippen molar-refractivity contribution in [2.75, 3.05) is 0 Å². The van der Waals surface area contributed by atoms with Crippen LogP contribution in [0.25, 0.3) is 0 Å². The number of rotatable bonds is 1. The Bertz CT molecular complexity index is 307. The highest BCUT2D eigenvalue weighted by Gasteiger charge is 2.22. The standard InChI is InChI=1S/C8H14N4O/c1-5(9)7-10-8-6(13)3-2-4-12(8)11-7/h5-6,13H,2-4,9H2,1H3. The lowest BCUT2D eigenvalue weighted by Crippen LogP contribution is -2.16. The summed E-state index contributed by atoms with van der Waals surface area (Å²) in [6, 6.07) is -0.162. The van der Waals surface area contributed by atoms with Crippen molar-refractivity contribution in [1.82, 2.24) is 14.8 Å². The number of fused-ring (bicyclic) bond motifs is 1. The molecular formula is C8H14N4O. The minimum absolute atomic E-state index is 0.162. The number of aromatic nitrogens is 3. The fourth-order valence-electron chi connectivity index (χ4n) is 1.54. The van der Waals surface area contributed by atoms with Gasteiger partial charge in [0.15, 0.2) is 11.6 Å². The van der Waals surface area contributed by atoms with E-state index in [9.17, 15) is 5.11 Å². The highest BCUT2D eigenvalue weighted by molar-refractivity contribution is 5.01. The Morgan fingerprint density at radius 3 is 3.08 bits per heavy atom. The van der Waals surface area contributed by atoms with E-state index in [1.54, 1.807) is 4.68 Å². The molecule has 0 aromatic carbocycles. The predicted octanol–water partition coefficient (Wildman–Crippen LogP) is 0.125. The first-order valence-electron chi connectivity index (χ1n) is 4.57. The number of aliphatic hydroxyl groups is 1. The number of nitrogens with two attached hydrogens (primary N) is 1. The van der Waals surface area contributed by atoms with Crippen LogP contribution in [0.3, 0.4) is 0 Å². The van der Waals surface area contributed by atoms with Gasteiger partial charge in [-0.3, -0.25) is 0 Å². The summed E-state index contributed by atoms with van der Waals surface area (Å²) in [5, 5.41) is 13.8. The molecule has 0 saturated heterocycles. The van der Waals surface area contributed by atoms with E-state index >= 15 is 0 Å². The first-order valence-corrected chi connectivity index (χ1v) is 4.57. The lowest BCUT2D eigenvalue weighted by atomic mass is 10.1. The van der Waals surface area contributed by atoms with Crippen molar-refractivity contribution in [1.29, 1.82) is 0 Å². The SMILES string of the molecule is CC(N)c1nc2n(n1)CCCC2O. The maximum absolute atomic E-state index is 9.59. The molecule has 0 saturated carbocycles. The lowest BCUT2D eigenvalue weighted by Gasteiger charge is -2.16. The Labute approximate surface area is 76.6 Å². The van der Waals surface area contributed by atoms with Crippen molar-refractivity contribution < 1.29 is 5.11 Å². The average molecular weight is 182 g/mol. The molecule has 0 amide bonds. The molecule has 5 nitrogen and oxygen atoms in total. The van der Waals surface area contributed by atoms with Crippen LogP contribution >= 0.6 is 0 Å². The molecule has 3 N–H and O–H groups in total. The molecular weight excluding hydrogens is 168 g/mol. The molecule has 2 heterocycles. The third-order valence-corrected chi connectivity index (χ3v) is 2.27. The zero-order valence-electron chi connectivity index (χ0n) is 7.64. The van der Waals surface area contributed by atoms with Gasteiger partial charge in [0.1, 0.15) is 6.10 Å². The van der Waals surface area contributed by atoms with E-state index in [4.69, 9.17) is 5.73 Å². The number of nitrogens with zero attached hydrogens (tertiary/aromatic N) is 3. The van der Waals surface area contributed by atoms with Gasteiger partial charge in [-0.2, -0.15) is 5.10 Å². The van der Waals surface area contributed by atoms with Crippen LogP contribution in [0.5, 0.6) is 0 Å². The van der Waals surface area contributed by atoms with Gasteiger partial charge in [0.25, 0.3) is 0 Å². The fraction of sp³-hybridized carbons (Fsp3) is 0.750. The summed E-state index contributed by atoms with van der Waals surface area (Å²) in [6.07, 6.45) is 1.27. The molecule has 1 aromatic rings. The van der Waals surface area contributed by atoms with Gasteiger partial charge in [0.2, 0.25) is 0 Å². The number of hydrogen-bond acceptors (Lipinski definition) is 4. The Kier molecular flexibility index (Phi) is 2.05. The maximum Gasteiger partial charge on any atom is 0.167 e. The summed E-state index contributed by atoms with van der Waals surface area (Å²) in [5.74, 6) is 1.29. The van der Waals surface area contributed by atoms with Crippen LogP contribution in [0, 0.1) is 0 Å². The van der Waals surface area contributed by atoms with E-state index in [0.29, 0.717) is 11.6 Å². The van der Waals surface area contributed by atoms with E-state index in [-0.39, 0.29) is 6.04 Å². The van der Waals surface area contributed by atoms with Crippen molar-refractivity contribution in [3.63, 3.8) is 0 Å². The molecule has 1 aromatic heterocycles. The van der Waals surface area contributed by atoms with Crippen LogP contribution in [0.1, 0.15) is 43.6 Å².